The normalized spacial score (nSPS) is 11.4. The third-order valence-corrected chi connectivity index (χ3v) is 4.33. The minimum absolute atomic E-state index is 0.313. The molecule has 2 heterocycles. The van der Waals surface area contributed by atoms with Crippen LogP contribution in [0.15, 0.2) is 35.8 Å². The van der Waals surface area contributed by atoms with Gasteiger partial charge in [0, 0.05) is 17.0 Å². The Hall–Kier alpha value is -2.14. The van der Waals surface area contributed by atoms with Gasteiger partial charge in [-0.1, -0.05) is 32.0 Å². The number of rotatable bonds is 4. The van der Waals surface area contributed by atoms with Gasteiger partial charge in [0.25, 0.3) is 0 Å². The molecule has 0 saturated heterocycles. The van der Waals surface area contributed by atoms with Gasteiger partial charge >= 0.3 is 5.97 Å². The van der Waals surface area contributed by atoms with Gasteiger partial charge in [-0.15, -0.1) is 11.3 Å². The average Bonchev–Trinajstić information content (AvgIpc) is 3.07. The van der Waals surface area contributed by atoms with Gasteiger partial charge in [-0.2, -0.15) is 0 Å². The molecule has 108 valence electrons. The highest BCUT2D eigenvalue weighted by atomic mass is 32.1. The van der Waals surface area contributed by atoms with E-state index in [0.717, 1.165) is 21.5 Å². The summed E-state index contributed by atoms with van der Waals surface area (Å²) in [4.78, 5) is 15.8. The summed E-state index contributed by atoms with van der Waals surface area (Å²) in [5.74, 6) is -0.572. The van der Waals surface area contributed by atoms with Gasteiger partial charge in [0.15, 0.2) is 0 Å². The molecular weight excluding hydrogens is 284 g/mol. The highest BCUT2D eigenvalue weighted by Gasteiger charge is 2.18. The zero-order chi connectivity index (χ0) is 15.0. The zero-order valence-electron chi connectivity index (χ0n) is 11.9. The number of aromatic nitrogens is 2. The average molecular weight is 300 g/mol. The Bertz CT molecular complexity index is 788. The van der Waals surface area contributed by atoms with E-state index in [2.05, 4.69) is 24.9 Å². The van der Waals surface area contributed by atoms with Crippen LogP contribution in [-0.2, 0) is 6.54 Å². The van der Waals surface area contributed by atoms with E-state index in [-0.39, 0.29) is 0 Å². The van der Waals surface area contributed by atoms with Crippen molar-refractivity contribution in [1.29, 1.82) is 0 Å². The Balaban J connectivity index is 2.27. The van der Waals surface area contributed by atoms with Crippen LogP contribution in [0.2, 0.25) is 0 Å². The molecule has 0 aliphatic heterocycles. The number of carbonyl (C=O) groups is 1. The number of benzene rings is 1. The maximum Gasteiger partial charge on any atom is 0.352 e. The third kappa shape index (κ3) is 2.45. The molecule has 2 aromatic heterocycles. The second-order valence-corrected chi connectivity index (χ2v) is 6.27. The van der Waals surface area contributed by atoms with E-state index in [4.69, 9.17) is 0 Å². The van der Waals surface area contributed by atoms with Crippen LogP contribution in [-0.4, -0.2) is 20.6 Å². The first-order valence-electron chi connectivity index (χ1n) is 6.81. The number of carboxylic acids is 1. The SMILES string of the molecule is CC(C)c1cccc2cc(C(=O)O)n(Cc3nccs3)c12. The predicted octanol–water partition coefficient (Wildman–Crippen LogP) is 3.97. The maximum atomic E-state index is 11.6. The van der Waals surface area contributed by atoms with Crippen molar-refractivity contribution in [3.05, 3.63) is 52.1 Å². The Kier molecular flexibility index (Phi) is 3.51. The van der Waals surface area contributed by atoms with Crippen LogP contribution >= 0.6 is 11.3 Å². The first-order valence-corrected chi connectivity index (χ1v) is 7.69. The molecule has 0 saturated carbocycles. The molecule has 5 heteroatoms. The summed E-state index contributed by atoms with van der Waals surface area (Å²) in [6.07, 6.45) is 1.75. The molecule has 0 amide bonds. The van der Waals surface area contributed by atoms with Crippen molar-refractivity contribution in [2.75, 3.05) is 0 Å². The smallest absolute Gasteiger partial charge is 0.352 e. The van der Waals surface area contributed by atoms with E-state index >= 15 is 0 Å². The third-order valence-electron chi connectivity index (χ3n) is 3.57. The second-order valence-electron chi connectivity index (χ2n) is 5.29. The molecule has 0 aliphatic rings. The first kappa shape index (κ1) is 13.8. The van der Waals surface area contributed by atoms with Gasteiger partial charge in [0.2, 0.25) is 0 Å². The molecular formula is C16H16N2O2S. The standard InChI is InChI=1S/C16H16N2O2S/c1-10(2)12-5-3-4-11-8-13(16(19)20)18(15(11)12)9-14-17-6-7-21-14/h3-8,10H,9H2,1-2H3,(H,19,20). The van der Waals surface area contributed by atoms with Crippen LogP contribution in [0, 0.1) is 0 Å². The van der Waals surface area contributed by atoms with Gasteiger partial charge < -0.3 is 9.67 Å². The molecule has 0 bridgehead atoms. The van der Waals surface area contributed by atoms with Crippen LogP contribution in [0.5, 0.6) is 0 Å². The lowest BCUT2D eigenvalue weighted by Gasteiger charge is -2.12. The van der Waals surface area contributed by atoms with Crippen LogP contribution in [0.4, 0.5) is 0 Å². The van der Waals surface area contributed by atoms with Crippen LogP contribution < -0.4 is 0 Å². The van der Waals surface area contributed by atoms with Crippen LogP contribution in [0.25, 0.3) is 10.9 Å². The summed E-state index contributed by atoms with van der Waals surface area (Å²) in [6.45, 7) is 4.73. The molecule has 4 nitrogen and oxygen atoms in total. The monoisotopic (exact) mass is 300 g/mol. The number of nitrogens with zero attached hydrogens (tertiary/aromatic N) is 2. The molecule has 1 N–H and O–H groups in total. The Morgan fingerprint density at radius 3 is 2.86 bits per heavy atom. The zero-order valence-corrected chi connectivity index (χ0v) is 12.7. The van der Waals surface area contributed by atoms with Crippen molar-refractivity contribution >= 4 is 28.2 Å². The lowest BCUT2D eigenvalue weighted by molar-refractivity contribution is 0.0686. The number of aromatic carboxylic acids is 1. The second kappa shape index (κ2) is 5.33. The van der Waals surface area contributed by atoms with Crippen molar-refractivity contribution in [3.63, 3.8) is 0 Å². The predicted molar refractivity (Wildman–Crippen MR) is 84.2 cm³/mol. The van der Waals surface area contributed by atoms with E-state index in [1.165, 1.54) is 11.3 Å². The number of hydrogen-bond donors (Lipinski definition) is 1. The number of para-hydroxylation sites is 1. The van der Waals surface area contributed by atoms with Crippen molar-refractivity contribution in [2.45, 2.75) is 26.3 Å². The Morgan fingerprint density at radius 2 is 2.24 bits per heavy atom. The van der Waals surface area contributed by atoms with Gasteiger partial charge in [-0.05, 0) is 17.5 Å². The summed E-state index contributed by atoms with van der Waals surface area (Å²) >= 11 is 1.54. The first-order chi connectivity index (χ1) is 10.1. The molecule has 0 radical (unpaired) electrons. The molecule has 3 rings (SSSR count). The fourth-order valence-corrected chi connectivity index (χ4v) is 3.23. The summed E-state index contributed by atoms with van der Waals surface area (Å²) in [5, 5.41) is 13.3. The highest BCUT2D eigenvalue weighted by molar-refractivity contribution is 7.09. The van der Waals surface area contributed by atoms with Crippen molar-refractivity contribution in [1.82, 2.24) is 9.55 Å². The van der Waals surface area contributed by atoms with Gasteiger partial charge in [0.1, 0.15) is 10.7 Å². The molecule has 3 aromatic rings. The fourth-order valence-electron chi connectivity index (χ4n) is 2.63. The minimum Gasteiger partial charge on any atom is -0.477 e. The van der Waals surface area contributed by atoms with Gasteiger partial charge in [0.05, 0.1) is 12.1 Å². The van der Waals surface area contributed by atoms with E-state index < -0.39 is 5.97 Å². The molecule has 0 fully saturated rings. The van der Waals surface area contributed by atoms with E-state index in [1.54, 1.807) is 12.3 Å². The number of thiazole rings is 1. The van der Waals surface area contributed by atoms with Gasteiger partial charge in [-0.25, -0.2) is 9.78 Å². The molecule has 1 aromatic carbocycles. The molecule has 0 atom stereocenters. The Labute approximate surface area is 126 Å². The van der Waals surface area contributed by atoms with Crippen molar-refractivity contribution in [2.24, 2.45) is 0 Å². The lowest BCUT2D eigenvalue weighted by atomic mass is 10.0. The number of fused-ring (bicyclic) bond motifs is 1. The quantitative estimate of drug-likeness (QED) is 0.793. The Morgan fingerprint density at radius 1 is 1.43 bits per heavy atom. The summed E-state index contributed by atoms with van der Waals surface area (Å²) in [5.41, 5.74) is 2.48. The fraction of sp³-hybridized carbons (Fsp3) is 0.250. The molecule has 21 heavy (non-hydrogen) atoms. The van der Waals surface area contributed by atoms with Crippen LogP contribution in [0.1, 0.15) is 40.8 Å². The summed E-state index contributed by atoms with van der Waals surface area (Å²) in [6, 6.07) is 7.76. The van der Waals surface area contributed by atoms with Gasteiger partial charge in [-0.3, -0.25) is 0 Å². The van der Waals surface area contributed by atoms with E-state index in [0.29, 0.717) is 18.2 Å². The number of carboxylic acid groups (broad SMARTS) is 1. The summed E-state index contributed by atoms with van der Waals surface area (Å²) < 4.78 is 1.87. The topological polar surface area (TPSA) is 55.1 Å². The van der Waals surface area contributed by atoms with Crippen molar-refractivity contribution < 1.29 is 9.90 Å². The minimum atomic E-state index is -0.905. The molecule has 0 aliphatic carbocycles. The maximum absolute atomic E-state index is 11.6. The van der Waals surface area contributed by atoms with Crippen molar-refractivity contribution in [3.8, 4) is 0 Å². The van der Waals surface area contributed by atoms with Crippen LogP contribution in [0.3, 0.4) is 0 Å². The molecule has 0 unspecified atom stereocenters. The lowest BCUT2D eigenvalue weighted by Crippen LogP contribution is -2.10. The number of hydrogen-bond acceptors (Lipinski definition) is 3. The van der Waals surface area contributed by atoms with E-state index in [9.17, 15) is 9.90 Å². The largest absolute Gasteiger partial charge is 0.477 e. The highest BCUT2D eigenvalue weighted by Crippen LogP contribution is 2.29. The summed E-state index contributed by atoms with van der Waals surface area (Å²) in [7, 11) is 0. The van der Waals surface area contributed by atoms with E-state index in [1.807, 2.05) is 22.1 Å². The molecule has 0 spiro atoms.